The van der Waals surface area contributed by atoms with E-state index in [1.54, 1.807) is 24.3 Å². The number of benzene rings is 2. The molecule has 0 fully saturated rings. The van der Waals surface area contributed by atoms with Crippen LogP contribution >= 0.6 is 0 Å². The van der Waals surface area contributed by atoms with Crippen LogP contribution in [0.1, 0.15) is 29.2 Å². The number of nitrogens with one attached hydrogen (secondary N) is 1. The molecule has 2 aromatic carbocycles. The van der Waals surface area contributed by atoms with Gasteiger partial charge in [-0.25, -0.2) is 30.0 Å². The van der Waals surface area contributed by atoms with E-state index in [4.69, 9.17) is 0 Å². The molecule has 0 aliphatic carbocycles. The molecule has 0 aliphatic heterocycles. The third-order valence-electron chi connectivity index (χ3n) is 4.26. The molecule has 0 bridgehead atoms. The summed E-state index contributed by atoms with van der Waals surface area (Å²) in [7, 11) is -10.6. The summed E-state index contributed by atoms with van der Waals surface area (Å²) in [6.07, 6.45) is 2.11. The minimum Gasteiger partial charge on any atom is -0.229 e. The molecule has 1 N–H and O–H groups in total. The Kier molecular flexibility index (Phi) is 7.26. The van der Waals surface area contributed by atoms with E-state index in [-0.39, 0.29) is 22.8 Å². The summed E-state index contributed by atoms with van der Waals surface area (Å²) in [6.45, 7) is 1.90. The Hall–Kier alpha value is -1.75. The first-order valence-electron chi connectivity index (χ1n) is 8.81. The van der Waals surface area contributed by atoms with Crippen molar-refractivity contribution in [2.45, 2.75) is 24.3 Å². The van der Waals surface area contributed by atoms with E-state index < -0.39 is 35.7 Å². The van der Waals surface area contributed by atoms with Crippen LogP contribution in [0, 0.1) is 6.92 Å². The maximum absolute atomic E-state index is 12.6. The van der Waals surface area contributed by atoms with Gasteiger partial charge in [0.1, 0.15) is 9.84 Å². The molecule has 0 aromatic heterocycles. The van der Waals surface area contributed by atoms with Crippen LogP contribution in [0.25, 0.3) is 0 Å². The number of sulfone groups is 2. The Morgan fingerprint density at radius 3 is 2.00 bits per heavy atom. The predicted molar refractivity (Wildman–Crippen MR) is 114 cm³/mol. The third kappa shape index (κ3) is 7.54. The number of hydrogen-bond donors (Lipinski definition) is 1. The monoisotopic (exact) mass is 459 g/mol. The van der Waals surface area contributed by atoms with Gasteiger partial charge < -0.3 is 0 Å². The van der Waals surface area contributed by atoms with Gasteiger partial charge in [-0.3, -0.25) is 0 Å². The van der Waals surface area contributed by atoms with Crippen molar-refractivity contribution in [3.05, 3.63) is 65.2 Å². The summed E-state index contributed by atoms with van der Waals surface area (Å²) in [6, 6.07) is 12.5. The second-order valence-electron chi connectivity index (χ2n) is 7.11. The fourth-order valence-electron chi connectivity index (χ4n) is 2.76. The second-order valence-corrected chi connectivity index (χ2v) is 13.3. The van der Waals surface area contributed by atoms with Crippen molar-refractivity contribution < 1.29 is 25.3 Å². The van der Waals surface area contributed by atoms with E-state index >= 15 is 0 Å². The predicted octanol–water partition coefficient (Wildman–Crippen LogP) is 1.84. The van der Waals surface area contributed by atoms with Crippen molar-refractivity contribution in [1.29, 1.82) is 0 Å². The van der Waals surface area contributed by atoms with E-state index in [1.165, 1.54) is 12.1 Å². The molecule has 0 radical (unpaired) electrons. The molecule has 29 heavy (non-hydrogen) atoms. The summed E-state index contributed by atoms with van der Waals surface area (Å²) < 4.78 is 74.2. The quantitative estimate of drug-likeness (QED) is 0.612. The van der Waals surface area contributed by atoms with Crippen LogP contribution in [0.3, 0.4) is 0 Å². The van der Waals surface area contributed by atoms with Crippen LogP contribution < -0.4 is 4.72 Å². The van der Waals surface area contributed by atoms with Gasteiger partial charge in [0.25, 0.3) is 0 Å². The number of sulfonamides is 1. The minimum atomic E-state index is -3.82. The Bertz CT molecular complexity index is 1170. The summed E-state index contributed by atoms with van der Waals surface area (Å²) in [5.41, 5.74) is 2.12. The standard InChI is InChI=1S/C19H25NO6S3/c1-15-8-10-16(11-9-15)19(17-6-4-7-18(14-17)28(3,23)24)20-29(25,26)13-5-12-27(2,21)22/h4,6-11,14,19-20H,5,12-13H2,1-3H3. The molecule has 7 nitrogen and oxygen atoms in total. The summed E-state index contributed by atoms with van der Waals surface area (Å²) in [5.74, 6) is -0.582. The maximum Gasteiger partial charge on any atom is 0.212 e. The van der Waals surface area contributed by atoms with Gasteiger partial charge in [-0.1, -0.05) is 42.0 Å². The topological polar surface area (TPSA) is 114 Å². The zero-order valence-electron chi connectivity index (χ0n) is 16.5. The number of rotatable bonds is 9. The molecule has 1 atom stereocenters. The molecule has 0 saturated heterocycles. The molecule has 1 unspecified atom stereocenters. The van der Waals surface area contributed by atoms with Crippen molar-refractivity contribution in [3.63, 3.8) is 0 Å². The second kappa shape index (κ2) is 8.95. The van der Waals surface area contributed by atoms with Crippen LogP contribution in [-0.2, 0) is 29.7 Å². The number of aryl methyl sites for hydroxylation is 1. The summed E-state index contributed by atoms with van der Waals surface area (Å²) in [5, 5.41) is 0. The average molecular weight is 460 g/mol. The lowest BCUT2D eigenvalue weighted by atomic mass is 9.99. The highest BCUT2D eigenvalue weighted by Crippen LogP contribution is 2.26. The Labute approximate surface area is 173 Å². The van der Waals surface area contributed by atoms with Crippen LogP contribution in [0.4, 0.5) is 0 Å². The van der Waals surface area contributed by atoms with Gasteiger partial charge in [-0.05, 0) is 36.6 Å². The first kappa shape index (κ1) is 23.5. The van der Waals surface area contributed by atoms with Gasteiger partial charge in [0.2, 0.25) is 10.0 Å². The molecular weight excluding hydrogens is 434 g/mol. The smallest absolute Gasteiger partial charge is 0.212 e. The first-order chi connectivity index (χ1) is 13.3. The fourth-order valence-corrected chi connectivity index (χ4v) is 5.56. The van der Waals surface area contributed by atoms with Gasteiger partial charge in [-0.2, -0.15) is 0 Å². The van der Waals surface area contributed by atoms with Crippen molar-refractivity contribution in [2.75, 3.05) is 24.0 Å². The highest BCUT2D eigenvalue weighted by atomic mass is 32.2. The van der Waals surface area contributed by atoms with Gasteiger partial charge >= 0.3 is 0 Å². The van der Waals surface area contributed by atoms with Gasteiger partial charge in [0.05, 0.1) is 22.4 Å². The average Bonchev–Trinajstić information content (AvgIpc) is 2.59. The molecule has 2 aromatic rings. The molecule has 0 spiro atoms. The Balaban J connectivity index is 2.40. The summed E-state index contributed by atoms with van der Waals surface area (Å²) >= 11 is 0. The van der Waals surface area contributed by atoms with Crippen LogP contribution in [0.2, 0.25) is 0 Å². The van der Waals surface area contributed by atoms with Gasteiger partial charge in [-0.15, -0.1) is 0 Å². The lowest BCUT2D eigenvalue weighted by Crippen LogP contribution is -2.32. The van der Waals surface area contributed by atoms with E-state index in [0.717, 1.165) is 18.1 Å². The molecule has 10 heteroatoms. The highest BCUT2D eigenvalue weighted by molar-refractivity contribution is 7.91. The largest absolute Gasteiger partial charge is 0.229 e. The van der Waals surface area contributed by atoms with Crippen molar-refractivity contribution in [1.82, 2.24) is 4.72 Å². The zero-order chi connectivity index (χ0) is 21.9. The maximum atomic E-state index is 12.6. The summed E-state index contributed by atoms with van der Waals surface area (Å²) in [4.78, 5) is 0.0865. The Morgan fingerprint density at radius 2 is 1.45 bits per heavy atom. The van der Waals surface area contributed by atoms with Crippen molar-refractivity contribution in [2.24, 2.45) is 0 Å². The molecule has 160 valence electrons. The van der Waals surface area contributed by atoms with Crippen LogP contribution in [0.15, 0.2) is 53.4 Å². The van der Waals surface area contributed by atoms with E-state index in [9.17, 15) is 25.3 Å². The molecular formula is C19H25NO6S3. The van der Waals surface area contributed by atoms with Crippen molar-refractivity contribution in [3.8, 4) is 0 Å². The minimum absolute atomic E-state index is 0.0296. The van der Waals surface area contributed by atoms with E-state index in [1.807, 2.05) is 19.1 Å². The Morgan fingerprint density at radius 1 is 0.828 bits per heavy atom. The molecule has 0 saturated carbocycles. The third-order valence-corrected chi connectivity index (χ3v) is 7.82. The fraction of sp³-hybridized carbons (Fsp3) is 0.368. The van der Waals surface area contributed by atoms with Gasteiger partial charge in [0, 0.05) is 12.5 Å². The first-order valence-corrected chi connectivity index (χ1v) is 14.4. The normalized spacial score (nSPS) is 13.9. The van der Waals surface area contributed by atoms with Crippen LogP contribution in [0.5, 0.6) is 0 Å². The SMILES string of the molecule is Cc1ccc(C(NS(=O)(=O)CCCS(C)(=O)=O)c2cccc(S(C)(=O)=O)c2)cc1. The lowest BCUT2D eigenvalue weighted by molar-refractivity contribution is 0.570. The lowest BCUT2D eigenvalue weighted by Gasteiger charge is -2.20. The van der Waals surface area contributed by atoms with Crippen LogP contribution in [-0.4, -0.2) is 49.3 Å². The molecule has 0 amide bonds. The molecule has 2 rings (SSSR count). The van der Waals surface area contributed by atoms with E-state index in [2.05, 4.69) is 4.72 Å². The zero-order valence-corrected chi connectivity index (χ0v) is 18.9. The highest BCUT2D eigenvalue weighted by Gasteiger charge is 2.23. The number of hydrogen-bond acceptors (Lipinski definition) is 6. The molecule has 0 heterocycles. The van der Waals surface area contributed by atoms with E-state index in [0.29, 0.717) is 11.1 Å². The van der Waals surface area contributed by atoms with Crippen molar-refractivity contribution >= 4 is 29.7 Å². The molecule has 0 aliphatic rings. The van der Waals surface area contributed by atoms with Gasteiger partial charge in [0.15, 0.2) is 9.84 Å².